The summed E-state index contributed by atoms with van der Waals surface area (Å²) in [5.74, 6) is -1.43. The number of thiazole rings is 1. The second-order valence-corrected chi connectivity index (χ2v) is 11.8. The van der Waals surface area contributed by atoms with Crippen molar-refractivity contribution < 1.29 is 24.5 Å². The molecule has 34 heavy (non-hydrogen) atoms. The minimum atomic E-state index is -1.21. The lowest BCUT2D eigenvalue weighted by Crippen LogP contribution is -2.45. The molecular weight excluding hydrogens is 452 g/mol. The summed E-state index contributed by atoms with van der Waals surface area (Å²) in [5, 5.41) is 28.1. The zero-order valence-electron chi connectivity index (χ0n) is 21.2. The van der Waals surface area contributed by atoms with E-state index in [1.54, 1.807) is 32.1 Å². The number of hydrogen-bond donors (Lipinski definition) is 3. The number of aliphatic hydroxyl groups excluding tert-OH is 2. The number of carbonyl (C=O) groups is 2. The maximum Gasteiger partial charge on any atom is 0.309 e. The van der Waals surface area contributed by atoms with Gasteiger partial charge in [-0.3, -0.25) is 9.59 Å². The third kappa shape index (κ3) is 6.53. The minimum Gasteiger partial charge on any atom is -0.458 e. The lowest BCUT2D eigenvalue weighted by Gasteiger charge is -2.34. The number of ketones is 1. The van der Waals surface area contributed by atoms with Crippen molar-refractivity contribution in [1.29, 1.82) is 0 Å². The van der Waals surface area contributed by atoms with Crippen molar-refractivity contribution in [1.82, 2.24) is 10.3 Å². The second-order valence-electron chi connectivity index (χ2n) is 10.8. The van der Waals surface area contributed by atoms with E-state index in [0.29, 0.717) is 12.5 Å². The Bertz CT molecular complexity index is 911. The predicted octanol–water partition coefficient (Wildman–Crippen LogP) is 3.66. The Labute approximate surface area is 207 Å². The first-order chi connectivity index (χ1) is 15.9. The fourth-order valence-corrected chi connectivity index (χ4v) is 5.49. The Morgan fingerprint density at radius 2 is 1.94 bits per heavy atom. The van der Waals surface area contributed by atoms with Gasteiger partial charge < -0.3 is 20.3 Å². The number of cyclic esters (lactones) is 1. The first-order valence-corrected chi connectivity index (χ1v) is 13.2. The maximum absolute atomic E-state index is 13.2. The number of aromatic nitrogens is 1. The number of rotatable bonds is 2. The van der Waals surface area contributed by atoms with E-state index in [4.69, 9.17) is 4.74 Å². The van der Waals surface area contributed by atoms with Crippen LogP contribution in [0.1, 0.15) is 77.4 Å². The van der Waals surface area contributed by atoms with Gasteiger partial charge in [-0.05, 0) is 44.3 Å². The third-order valence-corrected chi connectivity index (χ3v) is 8.37. The van der Waals surface area contributed by atoms with Crippen molar-refractivity contribution >= 4 is 29.2 Å². The molecule has 0 saturated carbocycles. The highest BCUT2D eigenvalue weighted by Crippen LogP contribution is 2.33. The molecule has 2 aliphatic rings. The molecule has 0 aliphatic carbocycles. The van der Waals surface area contributed by atoms with Crippen LogP contribution in [0.25, 0.3) is 6.08 Å². The van der Waals surface area contributed by atoms with Gasteiger partial charge in [0.05, 0.1) is 34.7 Å². The zero-order valence-corrected chi connectivity index (χ0v) is 22.0. The fraction of sp³-hybridized carbons (Fsp3) is 0.731. The molecule has 2 saturated heterocycles. The molecular formula is C26H40N2O5S. The van der Waals surface area contributed by atoms with E-state index >= 15 is 0 Å². The summed E-state index contributed by atoms with van der Waals surface area (Å²) >= 11 is 1.57. The highest BCUT2D eigenvalue weighted by atomic mass is 32.1. The quantitative estimate of drug-likeness (QED) is 0.426. The number of Topliss-reactive ketones (excluding diaryl/α,β-unsaturated/α-hetero) is 1. The molecule has 3 heterocycles. The molecule has 3 N–H and O–H groups in total. The molecule has 0 bridgehead atoms. The van der Waals surface area contributed by atoms with Crippen molar-refractivity contribution in [3.8, 4) is 0 Å². The number of hydrogen-bond acceptors (Lipinski definition) is 8. The molecule has 7 atom stereocenters. The molecule has 0 radical (unpaired) electrons. The molecule has 8 heteroatoms. The van der Waals surface area contributed by atoms with E-state index in [2.05, 4.69) is 10.3 Å². The summed E-state index contributed by atoms with van der Waals surface area (Å²) in [4.78, 5) is 30.5. The van der Waals surface area contributed by atoms with Gasteiger partial charge in [-0.1, -0.05) is 34.1 Å². The van der Waals surface area contributed by atoms with Crippen LogP contribution in [0.3, 0.4) is 0 Å². The van der Waals surface area contributed by atoms with Crippen LogP contribution in [-0.2, 0) is 14.3 Å². The van der Waals surface area contributed by atoms with Gasteiger partial charge in [0.25, 0.3) is 0 Å². The highest BCUT2D eigenvalue weighted by molar-refractivity contribution is 7.09. The molecule has 1 aromatic heterocycles. The topological polar surface area (TPSA) is 119 Å². The van der Waals surface area contributed by atoms with Crippen LogP contribution in [0.15, 0.2) is 11.0 Å². The molecule has 3 rings (SSSR count). The van der Waals surface area contributed by atoms with Crippen molar-refractivity contribution in [2.45, 2.75) is 104 Å². The largest absolute Gasteiger partial charge is 0.458 e. The van der Waals surface area contributed by atoms with Crippen LogP contribution < -0.4 is 5.32 Å². The molecule has 2 unspecified atom stereocenters. The first kappa shape index (κ1) is 27.0. The van der Waals surface area contributed by atoms with Crippen molar-refractivity contribution in [2.75, 3.05) is 0 Å². The number of esters is 1. The number of fused-ring (bicyclic) bond motifs is 1. The fourth-order valence-electron chi connectivity index (χ4n) is 4.92. The molecule has 190 valence electrons. The molecule has 7 nitrogen and oxygen atoms in total. The Morgan fingerprint density at radius 1 is 1.24 bits per heavy atom. The summed E-state index contributed by atoms with van der Waals surface area (Å²) in [6, 6.07) is 0.615. The normalized spacial score (nSPS) is 36.0. The summed E-state index contributed by atoms with van der Waals surface area (Å²) in [6.07, 6.45) is 2.64. The Morgan fingerprint density at radius 3 is 2.59 bits per heavy atom. The van der Waals surface area contributed by atoms with E-state index < -0.39 is 35.6 Å². The summed E-state index contributed by atoms with van der Waals surface area (Å²) in [7, 11) is 0. The van der Waals surface area contributed by atoms with E-state index in [0.717, 1.165) is 35.5 Å². The van der Waals surface area contributed by atoms with Crippen molar-refractivity contribution in [3.63, 3.8) is 0 Å². The standard InChI is InChI=1S/C26H40N2O5S/c1-14-8-7-9-19-20(28-19)11-21(15(2)10-18-13-34-17(4)27-18)33-23(30)12-22(29)26(5,6)25(32)16(3)24(14)31/h10,13-14,16,19-22,24,28-29,31H,7-9,11-12H2,1-6H3/b15-10+/t14?,16-,19-,20+,21?,22+,24+/m1/s1. The number of aryl methyl sites for hydroxylation is 1. The van der Waals surface area contributed by atoms with E-state index in [9.17, 15) is 19.8 Å². The SMILES string of the molecule is C/C(=C\c1csc(C)n1)C1C[C@@H]2N[C@@H]2CCCC(C)[C@H](O)[C@@H](C)C(=O)C(C)(C)[C@@H](O)CC(=O)O1. The van der Waals surface area contributed by atoms with Gasteiger partial charge >= 0.3 is 5.97 Å². The number of nitrogens with zero attached hydrogens (tertiary/aromatic N) is 1. The van der Waals surface area contributed by atoms with Crippen molar-refractivity contribution in [3.05, 3.63) is 21.7 Å². The van der Waals surface area contributed by atoms with Gasteiger partial charge in [-0.25, -0.2) is 4.98 Å². The molecule has 0 aromatic carbocycles. The smallest absolute Gasteiger partial charge is 0.309 e. The van der Waals surface area contributed by atoms with Gasteiger partial charge in [0, 0.05) is 29.8 Å². The van der Waals surface area contributed by atoms with Crippen LogP contribution >= 0.6 is 11.3 Å². The average Bonchev–Trinajstić information content (AvgIpc) is 3.38. The van der Waals surface area contributed by atoms with Gasteiger partial charge in [0.15, 0.2) is 0 Å². The molecule has 2 fully saturated rings. The first-order valence-electron chi connectivity index (χ1n) is 12.4. The second kappa shape index (κ2) is 11.0. The minimum absolute atomic E-state index is 0.0264. The van der Waals surface area contributed by atoms with Crippen molar-refractivity contribution in [2.24, 2.45) is 17.3 Å². The van der Waals surface area contributed by atoms with E-state index in [1.165, 1.54) is 0 Å². The zero-order chi connectivity index (χ0) is 25.2. The predicted molar refractivity (Wildman–Crippen MR) is 133 cm³/mol. The van der Waals surface area contributed by atoms with Crippen LogP contribution in [0.4, 0.5) is 0 Å². The number of carbonyl (C=O) groups excluding carboxylic acids is 2. The monoisotopic (exact) mass is 492 g/mol. The van der Waals surface area contributed by atoms with Crippen LogP contribution in [0.5, 0.6) is 0 Å². The average molecular weight is 493 g/mol. The summed E-state index contributed by atoms with van der Waals surface area (Å²) in [6.45, 7) is 10.8. The molecule has 1 aromatic rings. The molecule has 2 aliphatic heterocycles. The number of aliphatic hydroxyl groups is 2. The van der Waals surface area contributed by atoms with Crippen LogP contribution in [0.2, 0.25) is 0 Å². The lowest BCUT2D eigenvalue weighted by molar-refractivity contribution is -0.154. The number of nitrogens with one attached hydrogen (secondary N) is 1. The van der Waals surface area contributed by atoms with Gasteiger partial charge in [-0.2, -0.15) is 0 Å². The van der Waals surface area contributed by atoms with E-state index in [1.807, 2.05) is 32.2 Å². The van der Waals surface area contributed by atoms with Gasteiger partial charge in [0.2, 0.25) is 0 Å². The Hall–Kier alpha value is -1.61. The number of ether oxygens (including phenoxy) is 1. The third-order valence-electron chi connectivity index (χ3n) is 7.58. The highest BCUT2D eigenvalue weighted by Gasteiger charge is 2.43. The van der Waals surface area contributed by atoms with E-state index in [-0.39, 0.29) is 24.2 Å². The summed E-state index contributed by atoms with van der Waals surface area (Å²) < 4.78 is 5.86. The lowest BCUT2D eigenvalue weighted by atomic mass is 9.73. The van der Waals surface area contributed by atoms with Gasteiger partial charge in [0.1, 0.15) is 11.9 Å². The van der Waals surface area contributed by atoms with Crippen LogP contribution in [-0.4, -0.2) is 57.3 Å². The Balaban J connectivity index is 1.81. The maximum atomic E-state index is 13.2. The summed E-state index contributed by atoms with van der Waals surface area (Å²) in [5.41, 5.74) is 0.567. The molecule has 0 amide bonds. The Kier molecular flexibility index (Phi) is 8.71. The van der Waals surface area contributed by atoms with Gasteiger partial charge in [-0.15, -0.1) is 11.3 Å². The van der Waals surface area contributed by atoms with Crippen LogP contribution in [0, 0.1) is 24.2 Å². The molecule has 0 spiro atoms.